The van der Waals surface area contributed by atoms with Crippen LogP contribution in [-0.2, 0) is 11.2 Å². The van der Waals surface area contributed by atoms with E-state index in [-0.39, 0.29) is 18.4 Å². The Kier molecular flexibility index (Phi) is 5.29. The summed E-state index contributed by atoms with van der Waals surface area (Å²) in [4.78, 5) is 26.2. The van der Waals surface area contributed by atoms with Crippen molar-refractivity contribution in [2.24, 2.45) is 5.73 Å². The third-order valence-corrected chi connectivity index (χ3v) is 4.55. The summed E-state index contributed by atoms with van der Waals surface area (Å²) < 4.78 is 0. The van der Waals surface area contributed by atoms with Crippen LogP contribution in [0.3, 0.4) is 0 Å². The van der Waals surface area contributed by atoms with E-state index < -0.39 is 5.91 Å². The quantitative estimate of drug-likeness (QED) is 0.913. The van der Waals surface area contributed by atoms with Gasteiger partial charge in [0.15, 0.2) is 0 Å². The lowest BCUT2D eigenvalue weighted by atomic mass is 10.0. The Morgan fingerprint density at radius 3 is 2.56 bits per heavy atom. The first-order valence-electron chi connectivity index (χ1n) is 8.55. The highest BCUT2D eigenvalue weighted by Gasteiger charge is 2.27. The van der Waals surface area contributed by atoms with Gasteiger partial charge in [0.25, 0.3) is 0 Å². The summed E-state index contributed by atoms with van der Waals surface area (Å²) in [5.74, 6) is -0.459. The van der Waals surface area contributed by atoms with Gasteiger partial charge in [-0.1, -0.05) is 60.7 Å². The summed E-state index contributed by atoms with van der Waals surface area (Å²) in [6, 6.07) is 17.2. The molecule has 0 aromatic heterocycles. The van der Waals surface area contributed by atoms with Crippen molar-refractivity contribution in [2.45, 2.75) is 25.3 Å². The highest BCUT2D eigenvalue weighted by atomic mass is 16.2. The van der Waals surface area contributed by atoms with Crippen LogP contribution in [0.5, 0.6) is 0 Å². The minimum atomic E-state index is -0.495. The van der Waals surface area contributed by atoms with E-state index in [0.29, 0.717) is 11.1 Å². The van der Waals surface area contributed by atoms with Crippen molar-refractivity contribution < 1.29 is 9.59 Å². The Morgan fingerprint density at radius 2 is 1.80 bits per heavy atom. The maximum absolute atomic E-state index is 12.8. The number of hydrogen-bond donors (Lipinski definition) is 1. The molecule has 0 spiro atoms. The first-order valence-corrected chi connectivity index (χ1v) is 8.55. The molecule has 2 aromatic carbocycles. The fourth-order valence-corrected chi connectivity index (χ4v) is 3.27. The average molecular weight is 334 g/mol. The molecule has 1 saturated heterocycles. The number of nitrogens with zero attached hydrogens (tertiary/aromatic N) is 1. The van der Waals surface area contributed by atoms with Gasteiger partial charge in [-0.3, -0.25) is 9.59 Å². The van der Waals surface area contributed by atoms with Crippen molar-refractivity contribution in [3.63, 3.8) is 0 Å². The second-order valence-corrected chi connectivity index (χ2v) is 6.26. The number of likely N-dealkylation sites (tertiary alicyclic amines) is 1. The van der Waals surface area contributed by atoms with Crippen molar-refractivity contribution in [1.82, 2.24) is 4.90 Å². The molecule has 0 bridgehead atoms. The van der Waals surface area contributed by atoms with Crippen LogP contribution in [0.15, 0.2) is 60.7 Å². The third-order valence-electron chi connectivity index (χ3n) is 4.55. The highest BCUT2D eigenvalue weighted by molar-refractivity contribution is 5.95. The van der Waals surface area contributed by atoms with Gasteiger partial charge in [-0.2, -0.15) is 0 Å². The van der Waals surface area contributed by atoms with Crippen LogP contribution in [0.4, 0.5) is 0 Å². The van der Waals surface area contributed by atoms with Gasteiger partial charge in [-0.05, 0) is 30.0 Å². The van der Waals surface area contributed by atoms with E-state index in [9.17, 15) is 9.59 Å². The third kappa shape index (κ3) is 4.15. The first kappa shape index (κ1) is 17.0. The Labute approximate surface area is 148 Å². The Morgan fingerprint density at radius 1 is 1.08 bits per heavy atom. The number of rotatable bonds is 5. The molecular weight excluding hydrogens is 312 g/mol. The zero-order chi connectivity index (χ0) is 17.6. The molecule has 1 unspecified atom stereocenters. The van der Waals surface area contributed by atoms with E-state index in [0.717, 1.165) is 24.9 Å². The van der Waals surface area contributed by atoms with E-state index in [2.05, 4.69) is 12.2 Å². The smallest absolute Gasteiger partial charge is 0.248 e. The predicted octanol–water partition coefficient (Wildman–Crippen LogP) is 3.03. The number of nitrogens with two attached hydrogens (primary N) is 1. The van der Waals surface area contributed by atoms with Gasteiger partial charge in [0.2, 0.25) is 11.8 Å². The average Bonchev–Trinajstić information content (AvgIpc) is 3.10. The Balaban J connectivity index is 1.71. The van der Waals surface area contributed by atoms with Crippen molar-refractivity contribution in [2.75, 3.05) is 6.54 Å². The zero-order valence-corrected chi connectivity index (χ0v) is 14.1. The lowest BCUT2D eigenvalue weighted by molar-refractivity contribution is -0.130. The van der Waals surface area contributed by atoms with Gasteiger partial charge in [-0.15, -0.1) is 0 Å². The number of carbonyl (C=O) groups excluding carboxylic acids is 2. The predicted molar refractivity (Wildman–Crippen MR) is 98.9 cm³/mol. The molecule has 25 heavy (non-hydrogen) atoms. The lowest BCUT2D eigenvalue weighted by Crippen LogP contribution is -2.35. The van der Waals surface area contributed by atoms with Crippen molar-refractivity contribution >= 4 is 17.9 Å². The van der Waals surface area contributed by atoms with E-state index in [1.165, 1.54) is 0 Å². The molecule has 1 aliphatic rings. The molecule has 1 heterocycles. The van der Waals surface area contributed by atoms with Crippen molar-refractivity contribution in [3.05, 3.63) is 77.4 Å². The normalized spacial score (nSPS) is 17.1. The second-order valence-electron chi connectivity index (χ2n) is 6.26. The molecule has 4 heteroatoms. The lowest BCUT2D eigenvalue weighted by Gasteiger charge is -2.22. The van der Waals surface area contributed by atoms with Crippen molar-refractivity contribution in [3.8, 4) is 0 Å². The molecule has 2 amide bonds. The summed E-state index contributed by atoms with van der Waals surface area (Å²) in [5, 5.41) is 0. The molecule has 4 nitrogen and oxygen atoms in total. The Bertz CT molecular complexity index is 783. The number of carbonyl (C=O) groups is 2. The van der Waals surface area contributed by atoms with Gasteiger partial charge in [0.1, 0.15) is 0 Å². The van der Waals surface area contributed by atoms with E-state index in [1.54, 1.807) is 18.2 Å². The van der Waals surface area contributed by atoms with Crippen LogP contribution < -0.4 is 5.73 Å². The van der Waals surface area contributed by atoms with Gasteiger partial charge in [0.05, 0.1) is 12.5 Å². The molecule has 2 N–H and O–H groups in total. The minimum absolute atomic E-state index is 0.0360. The number of primary amides is 1. The summed E-state index contributed by atoms with van der Waals surface area (Å²) in [7, 11) is 0. The number of amides is 2. The van der Waals surface area contributed by atoms with Crippen LogP contribution in [0, 0.1) is 0 Å². The van der Waals surface area contributed by atoms with Crippen LogP contribution >= 0.6 is 0 Å². The zero-order valence-electron chi connectivity index (χ0n) is 14.1. The molecule has 0 aliphatic carbocycles. The number of benzene rings is 2. The molecule has 2 aromatic rings. The molecule has 128 valence electrons. The topological polar surface area (TPSA) is 63.4 Å². The standard InChI is InChI=1S/C21H22N2O2/c22-21(25)19-11-5-4-9-17(19)15-20(24)23-14-6-10-18(23)13-12-16-7-2-1-3-8-16/h1-5,7-9,11-13,18H,6,10,14-15H2,(H2,22,25)/b13-12+. The highest BCUT2D eigenvalue weighted by Crippen LogP contribution is 2.21. The van der Waals surface area contributed by atoms with Gasteiger partial charge < -0.3 is 10.6 Å². The first-order chi connectivity index (χ1) is 12.1. The molecule has 0 radical (unpaired) electrons. The monoisotopic (exact) mass is 334 g/mol. The molecule has 3 rings (SSSR count). The van der Waals surface area contributed by atoms with E-state index >= 15 is 0 Å². The maximum atomic E-state index is 12.8. The fraction of sp³-hybridized carbons (Fsp3) is 0.238. The molecule has 0 saturated carbocycles. The molecule has 1 aliphatic heterocycles. The molecular formula is C21H22N2O2. The summed E-state index contributed by atoms with van der Waals surface area (Å²) >= 11 is 0. The fourth-order valence-electron chi connectivity index (χ4n) is 3.27. The second kappa shape index (κ2) is 7.79. The molecule has 1 atom stereocenters. The minimum Gasteiger partial charge on any atom is -0.366 e. The van der Waals surface area contributed by atoms with Gasteiger partial charge in [-0.25, -0.2) is 0 Å². The SMILES string of the molecule is NC(=O)c1ccccc1CC(=O)N1CCCC1/C=C/c1ccccc1. The largest absolute Gasteiger partial charge is 0.366 e. The number of hydrogen-bond acceptors (Lipinski definition) is 2. The van der Waals surface area contributed by atoms with E-state index in [4.69, 9.17) is 5.73 Å². The van der Waals surface area contributed by atoms with Crippen LogP contribution in [-0.4, -0.2) is 29.3 Å². The maximum Gasteiger partial charge on any atom is 0.248 e. The molecule has 1 fully saturated rings. The summed E-state index contributed by atoms with van der Waals surface area (Å²) in [6.07, 6.45) is 6.32. The summed E-state index contributed by atoms with van der Waals surface area (Å²) in [5.41, 5.74) is 7.65. The van der Waals surface area contributed by atoms with Crippen molar-refractivity contribution in [1.29, 1.82) is 0 Å². The van der Waals surface area contributed by atoms with Crippen LogP contribution in [0.1, 0.15) is 34.3 Å². The van der Waals surface area contributed by atoms with Gasteiger partial charge >= 0.3 is 0 Å². The van der Waals surface area contributed by atoms with E-state index in [1.807, 2.05) is 41.3 Å². The Hall–Kier alpha value is -2.88. The summed E-state index contributed by atoms with van der Waals surface area (Å²) in [6.45, 7) is 0.751. The van der Waals surface area contributed by atoms with Crippen LogP contribution in [0.2, 0.25) is 0 Å². The van der Waals surface area contributed by atoms with Gasteiger partial charge in [0, 0.05) is 12.1 Å². The van der Waals surface area contributed by atoms with Crippen LogP contribution in [0.25, 0.3) is 6.08 Å².